The van der Waals surface area contributed by atoms with Crippen LogP contribution in [0.25, 0.3) is 10.9 Å². The number of aromatic nitrogens is 2. The molecular formula is C19H21N5O. The lowest BCUT2D eigenvalue weighted by atomic mass is 9.89. The molecule has 128 valence electrons. The summed E-state index contributed by atoms with van der Waals surface area (Å²) in [6.07, 6.45) is 2.07. The van der Waals surface area contributed by atoms with Gasteiger partial charge in [-0.15, -0.1) is 0 Å². The number of nitrogens with one attached hydrogen (secondary N) is 2. The molecule has 0 aliphatic heterocycles. The summed E-state index contributed by atoms with van der Waals surface area (Å²) in [5.74, 6) is 0.801. The van der Waals surface area contributed by atoms with Crippen LogP contribution in [0.4, 0.5) is 11.5 Å². The Hall–Kier alpha value is -2.86. The van der Waals surface area contributed by atoms with Gasteiger partial charge in [0.15, 0.2) is 5.82 Å². The maximum Gasteiger partial charge on any atom is 0.153 e. The Kier molecular flexibility index (Phi) is 3.89. The lowest BCUT2D eigenvalue weighted by Crippen LogP contribution is -2.44. The lowest BCUT2D eigenvalue weighted by Gasteiger charge is -2.29. The molecule has 6 nitrogen and oxygen atoms in total. The van der Waals surface area contributed by atoms with Gasteiger partial charge in [0.05, 0.1) is 11.2 Å². The molecule has 0 saturated heterocycles. The first-order valence-corrected chi connectivity index (χ1v) is 8.43. The fourth-order valence-electron chi connectivity index (χ4n) is 3.20. The zero-order valence-electron chi connectivity index (χ0n) is 14.1. The number of aliphatic imine (C=N–C) groups is 1. The summed E-state index contributed by atoms with van der Waals surface area (Å²) in [6, 6.07) is 11.6. The normalized spacial score (nSPS) is 18.6. The monoisotopic (exact) mass is 335 g/mol. The van der Waals surface area contributed by atoms with Crippen molar-refractivity contribution in [3.8, 4) is 5.75 Å². The molecule has 0 radical (unpaired) electrons. The number of fused-ring (bicyclic) bond motifs is 1. The molecular weight excluding hydrogens is 314 g/mol. The summed E-state index contributed by atoms with van der Waals surface area (Å²) >= 11 is 0. The molecule has 5 N–H and O–H groups in total. The van der Waals surface area contributed by atoms with Crippen molar-refractivity contribution in [3.63, 3.8) is 0 Å². The van der Waals surface area contributed by atoms with Gasteiger partial charge in [-0.2, -0.15) is 5.10 Å². The molecule has 2 aromatic carbocycles. The number of nitrogens with zero attached hydrogens (tertiary/aromatic N) is 2. The average molecular weight is 335 g/mol. The van der Waals surface area contributed by atoms with Gasteiger partial charge in [-0.05, 0) is 55.2 Å². The highest BCUT2D eigenvalue weighted by atomic mass is 16.3. The zero-order chi connectivity index (χ0) is 17.4. The second kappa shape index (κ2) is 6.22. The second-order valence-electron chi connectivity index (χ2n) is 6.54. The SMILES string of the molecule is Cc1cc(N=C2CCC2NCc2cccc(O)c2)cc2c(N)n[nH]c12. The van der Waals surface area contributed by atoms with E-state index in [1.54, 1.807) is 12.1 Å². The van der Waals surface area contributed by atoms with Gasteiger partial charge in [0, 0.05) is 23.7 Å². The lowest BCUT2D eigenvalue weighted by molar-refractivity contribution is 0.473. The van der Waals surface area contributed by atoms with E-state index in [1.165, 1.54) is 0 Å². The van der Waals surface area contributed by atoms with Gasteiger partial charge >= 0.3 is 0 Å². The number of rotatable bonds is 4. The largest absolute Gasteiger partial charge is 0.508 e. The van der Waals surface area contributed by atoms with Crippen molar-refractivity contribution < 1.29 is 5.11 Å². The molecule has 1 aliphatic rings. The van der Waals surface area contributed by atoms with Crippen molar-refractivity contribution in [3.05, 3.63) is 47.5 Å². The van der Waals surface area contributed by atoms with E-state index in [0.717, 1.165) is 46.3 Å². The van der Waals surface area contributed by atoms with Gasteiger partial charge < -0.3 is 16.2 Å². The molecule has 0 bridgehead atoms. The van der Waals surface area contributed by atoms with E-state index in [0.29, 0.717) is 18.1 Å². The van der Waals surface area contributed by atoms with E-state index in [2.05, 4.69) is 21.6 Å². The molecule has 1 saturated carbocycles. The Morgan fingerprint density at radius 3 is 3.00 bits per heavy atom. The molecule has 6 heteroatoms. The highest BCUT2D eigenvalue weighted by molar-refractivity contribution is 5.98. The number of aryl methyl sites for hydroxylation is 1. The van der Waals surface area contributed by atoms with Gasteiger partial charge in [0.25, 0.3) is 0 Å². The van der Waals surface area contributed by atoms with Crippen molar-refractivity contribution in [1.29, 1.82) is 0 Å². The van der Waals surface area contributed by atoms with Crippen LogP contribution in [0.5, 0.6) is 5.75 Å². The zero-order valence-corrected chi connectivity index (χ0v) is 14.1. The summed E-state index contributed by atoms with van der Waals surface area (Å²) < 4.78 is 0. The van der Waals surface area contributed by atoms with E-state index < -0.39 is 0 Å². The number of anilines is 1. The molecule has 1 aromatic heterocycles. The third-order valence-electron chi connectivity index (χ3n) is 4.71. The van der Waals surface area contributed by atoms with Crippen molar-refractivity contribution >= 4 is 28.1 Å². The summed E-state index contributed by atoms with van der Waals surface area (Å²) in [7, 11) is 0. The first-order chi connectivity index (χ1) is 12.1. The maximum absolute atomic E-state index is 9.54. The molecule has 0 spiro atoms. The predicted octanol–water partition coefficient (Wildman–Crippen LogP) is 3.18. The summed E-state index contributed by atoms with van der Waals surface area (Å²) in [5, 5.41) is 21.0. The van der Waals surface area contributed by atoms with Crippen LogP contribution in [0.15, 0.2) is 41.4 Å². The summed E-state index contributed by atoms with van der Waals surface area (Å²) in [4.78, 5) is 4.81. The van der Waals surface area contributed by atoms with E-state index in [9.17, 15) is 5.11 Å². The van der Waals surface area contributed by atoms with Crippen LogP contribution in [0.3, 0.4) is 0 Å². The number of aromatic hydroxyl groups is 1. The number of hydrogen-bond acceptors (Lipinski definition) is 5. The van der Waals surface area contributed by atoms with Gasteiger partial charge in [0.1, 0.15) is 5.75 Å². The van der Waals surface area contributed by atoms with Crippen LogP contribution >= 0.6 is 0 Å². The van der Waals surface area contributed by atoms with Gasteiger partial charge in [0.2, 0.25) is 0 Å². The van der Waals surface area contributed by atoms with E-state index >= 15 is 0 Å². The summed E-state index contributed by atoms with van der Waals surface area (Å²) in [5.41, 5.74) is 11.1. The fourth-order valence-corrected chi connectivity index (χ4v) is 3.20. The molecule has 3 aromatic rings. The number of aromatic amines is 1. The first-order valence-electron chi connectivity index (χ1n) is 8.43. The van der Waals surface area contributed by atoms with Crippen molar-refractivity contribution in [2.24, 2.45) is 4.99 Å². The maximum atomic E-state index is 9.54. The molecule has 1 fully saturated rings. The number of benzene rings is 2. The third-order valence-corrected chi connectivity index (χ3v) is 4.71. The summed E-state index contributed by atoms with van der Waals surface area (Å²) in [6.45, 7) is 2.74. The number of nitrogens with two attached hydrogens (primary N) is 1. The minimum Gasteiger partial charge on any atom is -0.508 e. The number of hydrogen-bond donors (Lipinski definition) is 4. The van der Waals surface area contributed by atoms with E-state index in [4.69, 9.17) is 10.7 Å². The van der Waals surface area contributed by atoms with Crippen LogP contribution in [-0.2, 0) is 6.54 Å². The third kappa shape index (κ3) is 3.08. The van der Waals surface area contributed by atoms with Gasteiger partial charge in [-0.3, -0.25) is 10.1 Å². The van der Waals surface area contributed by atoms with Crippen LogP contribution in [0.1, 0.15) is 24.0 Å². The Labute approximate surface area is 145 Å². The van der Waals surface area contributed by atoms with Gasteiger partial charge in [-0.1, -0.05) is 12.1 Å². The standard InChI is InChI=1S/C19H21N5O/c1-11-7-13(9-15-18(11)23-24-19(15)20)22-17-6-5-16(17)21-10-12-3-2-4-14(25)8-12/h2-4,7-9,16,21,25H,5-6,10H2,1H3,(H3,20,23,24). The van der Waals surface area contributed by atoms with Crippen molar-refractivity contribution in [2.45, 2.75) is 32.4 Å². The van der Waals surface area contributed by atoms with Crippen molar-refractivity contribution in [1.82, 2.24) is 15.5 Å². The highest BCUT2D eigenvalue weighted by Crippen LogP contribution is 2.29. The minimum atomic E-state index is 0.278. The van der Waals surface area contributed by atoms with Crippen LogP contribution in [0, 0.1) is 6.92 Å². The van der Waals surface area contributed by atoms with E-state index in [-0.39, 0.29) is 6.04 Å². The molecule has 1 heterocycles. The quantitative estimate of drug-likeness (QED) is 0.588. The Morgan fingerprint density at radius 1 is 1.36 bits per heavy atom. The first kappa shape index (κ1) is 15.7. The average Bonchev–Trinajstić information content (AvgIpc) is 2.94. The molecule has 1 atom stereocenters. The topological polar surface area (TPSA) is 99.3 Å². The highest BCUT2D eigenvalue weighted by Gasteiger charge is 2.25. The van der Waals surface area contributed by atoms with Crippen LogP contribution in [-0.4, -0.2) is 27.1 Å². The molecule has 25 heavy (non-hydrogen) atoms. The Morgan fingerprint density at radius 2 is 2.24 bits per heavy atom. The Bertz CT molecular complexity index is 960. The molecule has 0 amide bonds. The van der Waals surface area contributed by atoms with Crippen LogP contribution < -0.4 is 11.1 Å². The van der Waals surface area contributed by atoms with Crippen molar-refractivity contribution in [2.75, 3.05) is 5.73 Å². The number of phenolic OH excluding ortho intramolecular Hbond substituents is 1. The number of H-pyrrole nitrogens is 1. The van der Waals surface area contributed by atoms with Crippen LogP contribution in [0.2, 0.25) is 0 Å². The minimum absolute atomic E-state index is 0.278. The van der Waals surface area contributed by atoms with E-state index in [1.807, 2.05) is 25.1 Å². The number of nitrogen functional groups attached to an aromatic ring is 1. The Balaban J connectivity index is 1.50. The molecule has 4 rings (SSSR count). The smallest absolute Gasteiger partial charge is 0.153 e. The molecule has 1 unspecified atom stereocenters. The second-order valence-corrected chi connectivity index (χ2v) is 6.54. The number of phenols is 1. The molecule has 1 aliphatic carbocycles. The predicted molar refractivity (Wildman–Crippen MR) is 100 cm³/mol. The fraction of sp³-hybridized carbons (Fsp3) is 0.263. The van der Waals surface area contributed by atoms with Gasteiger partial charge in [-0.25, -0.2) is 0 Å².